The number of nitrogens with zero attached hydrogens (tertiary/aromatic N) is 1. The van der Waals surface area contributed by atoms with Crippen LogP contribution in [0.2, 0.25) is 0 Å². The fourth-order valence-corrected chi connectivity index (χ4v) is 3.34. The highest BCUT2D eigenvalue weighted by Gasteiger charge is 2.36. The van der Waals surface area contributed by atoms with Crippen LogP contribution in [0.3, 0.4) is 0 Å². The molecule has 1 aliphatic heterocycles. The van der Waals surface area contributed by atoms with Crippen LogP contribution >= 0.6 is 0 Å². The van der Waals surface area contributed by atoms with Crippen molar-refractivity contribution in [3.8, 4) is 5.75 Å². The van der Waals surface area contributed by atoms with E-state index in [4.69, 9.17) is 4.74 Å². The molecule has 1 heterocycles. The molecule has 0 bridgehead atoms. The monoisotopic (exact) mass is 259 g/mol. The van der Waals surface area contributed by atoms with Gasteiger partial charge in [0.05, 0.1) is 12.3 Å². The van der Waals surface area contributed by atoms with Crippen molar-refractivity contribution in [3.05, 3.63) is 24.3 Å². The van der Waals surface area contributed by atoms with Crippen LogP contribution in [0.4, 0.5) is 5.69 Å². The molecule has 2 aliphatic rings. The third-order valence-corrected chi connectivity index (χ3v) is 4.39. The molecule has 102 valence electrons. The summed E-state index contributed by atoms with van der Waals surface area (Å²) in [5, 5.41) is 0. The molecule has 19 heavy (non-hydrogen) atoms. The van der Waals surface area contributed by atoms with Crippen LogP contribution in [0, 0.1) is 5.41 Å². The minimum absolute atomic E-state index is 0.128. The van der Waals surface area contributed by atoms with Crippen LogP contribution in [-0.2, 0) is 4.79 Å². The van der Waals surface area contributed by atoms with Crippen LogP contribution in [0.25, 0.3) is 0 Å². The van der Waals surface area contributed by atoms with Gasteiger partial charge in [0.25, 0.3) is 0 Å². The number of carbonyl (C=O) groups excluding carboxylic acids is 1. The Bertz CT molecular complexity index is 452. The van der Waals surface area contributed by atoms with Gasteiger partial charge in [-0.3, -0.25) is 0 Å². The molecule has 0 atom stereocenters. The van der Waals surface area contributed by atoms with E-state index in [2.05, 4.69) is 11.0 Å². The maximum Gasteiger partial charge on any atom is 0.142 e. The number of carbonyl (C=O) groups is 1. The molecule has 0 saturated heterocycles. The van der Waals surface area contributed by atoms with E-state index in [9.17, 15) is 4.79 Å². The summed E-state index contributed by atoms with van der Waals surface area (Å²) in [5.74, 6) is 0.957. The fraction of sp³-hybridized carbons (Fsp3) is 0.562. The van der Waals surface area contributed by atoms with Crippen LogP contribution in [0.15, 0.2) is 24.3 Å². The number of para-hydroxylation sites is 2. The number of anilines is 1. The van der Waals surface area contributed by atoms with Gasteiger partial charge in [-0.15, -0.1) is 0 Å². The predicted molar refractivity (Wildman–Crippen MR) is 75.7 cm³/mol. The molecule has 1 aliphatic carbocycles. The SMILES string of the molecule is O=CC1(CN2CCCOc3ccccc32)CCCC1. The third-order valence-electron chi connectivity index (χ3n) is 4.39. The number of hydrogen-bond acceptors (Lipinski definition) is 3. The molecule has 0 N–H and O–H groups in total. The van der Waals surface area contributed by atoms with Crippen molar-refractivity contribution in [1.82, 2.24) is 0 Å². The van der Waals surface area contributed by atoms with E-state index in [-0.39, 0.29) is 5.41 Å². The Morgan fingerprint density at radius 1 is 1.21 bits per heavy atom. The average molecular weight is 259 g/mol. The van der Waals surface area contributed by atoms with Gasteiger partial charge in [0.1, 0.15) is 12.0 Å². The average Bonchev–Trinajstić information content (AvgIpc) is 2.83. The van der Waals surface area contributed by atoms with E-state index >= 15 is 0 Å². The highest BCUT2D eigenvalue weighted by Crippen LogP contribution is 2.40. The lowest BCUT2D eigenvalue weighted by atomic mass is 9.87. The van der Waals surface area contributed by atoms with Crippen molar-refractivity contribution >= 4 is 12.0 Å². The fourth-order valence-electron chi connectivity index (χ4n) is 3.34. The van der Waals surface area contributed by atoms with Gasteiger partial charge in [-0.05, 0) is 31.4 Å². The molecule has 0 radical (unpaired) electrons. The van der Waals surface area contributed by atoms with Crippen molar-refractivity contribution in [3.63, 3.8) is 0 Å². The topological polar surface area (TPSA) is 29.5 Å². The second-order valence-corrected chi connectivity index (χ2v) is 5.78. The van der Waals surface area contributed by atoms with Gasteiger partial charge in [-0.1, -0.05) is 25.0 Å². The highest BCUT2D eigenvalue weighted by atomic mass is 16.5. The van der Waals surface area contributed by atoms with Crippen molar-refractivity contribution in [2.24, 2.45) is 5.41 Å². The minimum Gasteiger partial charge on any atom is -0.491 e. The van der Waals surface area contributed by atoms with Gasteiger partial charge >= 0.3 is 0 Å². The Hall–Kier alpha value is -1.51. The maximum absolute atomic E-state index is 11.5. The zero-order chi connectivity index (χ0) is 13.1. The molecule has 1 aromatic carbocycles. The third kappa shape index (κ3) is 2.46. The quantitative estimate of drug-likeness (QED) is 0.781. The zero-order valence-electron chi connectivity index (χ0n) is 11.3. The van der Waals surface area contributed by atoms with E-state index in [0.717, 1.165) is 50.4 Å². The summed E-state index contributed by atoms with van der Waals surface area (Å²) in [6.07, 6.45) is 6.67. The summed E-state index contributed by atoms with van der Waals surface area (Å²) < 4.78 is 5.78. The Kier molecular flexibility index (Phi) is 3.45. The molecule has 1 fully saturated rings. The first kappa shape index (κ1) is 12.5. The summed E-state index contributed by atoms with van der Waals surface area (Å²) in [5.41, 5.74) is 1.02. The normalized spacial score (nSPS) is 21.4. The van der Waals surface area contributed by atoms with Crippen molar-refractivity contribution in [1.29, 1.82) is 0 Å². The number of fused-ring (bicyclic) bond motifs is 1. The Morgan fingerprint density at radius 3 is 2.79 bits per heavy atom. The molecule has 3 heteroatoms. The molecular formula is C16H21NO2. The Labute approximate surface area is 114 Å². The molecule has 0 aromatic heterocycles. The standard InChI is InChI=1S/C16H21NO2/c18-13-16(8-3-4-9-16)12-17-10-5-11-19-15-7-2-1-6-14(15)17/h1-2,6-7,13H,3-5,8-12H2. The van der Waals surface area contributed by atoms with Gasteiger partial charge in [0.2, 0.25) is 0 Å². The maximum atomic E-state index is 11.5. The van der Waals surface area contributed by atoms with E-state index < -0.39 is 0 Å². The Balaban J connectivity index is 1.86. The van der Waals surface area contributed by atoms with Crippen molar-refractivity contribution in [2.45, 2.75) is 32.1 Å². The number of rotatable bonds is 3. The van der Waals surface area contributed by atoms with Crippen molar-refractivity contribution in [2.75, 3.05) is 24.6 Å². The van der Waals surface area contributed by atoms with Crippen LogP contribution in [-0.4, -0.2) is 26.0 Å². The summed E-state index contributed by atoms with van der Waals surface area (Å²) in [4.78, 5) is 13.9. The second kappa shape index (κ2) is 5.24. The molecule has 3 nitrogen and oxygen atoms in total. The molecular weight excluding hydrogens is 238 g/mol. The first-order valence-electron chi connectivity index (χ1n) is 7.26. The highest BCUT2D eigenvalue weighted by molar-refractivity contribution is 5.64. The summed E-state index contributed by atoms with van der Waals surface area (Å²) >= 11 is 0. The van der Waals surface area contributed by atoms with E-state index in [1.807, 2.05) is 18.2 Å². The van der Waals surface area contributed by atoms with Crippen LogP contribution < -0.4 is 9.64 Å². The second-order valence-electron chi connectivity index (χ2n) is 5.78. The number of benzene rings is 1. The summed E-state index contributed by atoms with van der Waals surface area (Å²) in [6.45, 7) is 2.59. The minimum atomic E-state index is -0.128. The zero-order valence-corrected chi connectivity index (χ0v) is 11.3. The molecule has 1 aromatic rings. The van der Waals surface area contributed by atoms with Crippen LogP contribution in [0.5, 0.6) is 5.75 Å². The smallest absolute Gasteiger partial charge is 0.142 e. The molecule has 0 amide bonds. The van der Waals surface area contributed by atoms with Gasteiger partial charge in [0.15, 0.2) is 0 Å². The number of aldehydes is 1. The van der Waals surface area contributed by atoms with Gasteiger partial charge in [0, 0.05) is 18.5 Å². The molecule has 1 saturated carbocycles. The van der Waals surface area contributed by atoms with Gasteiger partial charge < -0.3 is 14.4 Å². The van der Waals surface area contributed by atoms with Crippen molar-refractivity contribution < 1.29 is 9.53 Å². The predicted octanol–water partition coefficient (Wildman–Crippen LogP) is 3.03. The number of hydrogen-bond donors (Lipinski definition) is 0. The number of ether oxygens (including phenoxy) is 1. The van der Waals surface area contributed by atoms with E-state index in [0.29, 0.717) is 0 Å². The summed E-state index contributed by atoms with van der Waals surface area (Å²) in [6, 6.07) is 8.18. The first-order chi connectivity index (χ1) is 9.33. The first-order valence-corrected chi connectivity index (χ1v) is 7.26. The molecule has 0 unspecified atom stereocenters. The van der Waals surface area contributed by atoms with Gasteiger partial charge in [-0.2, -0.15) is 0 Å². The summed E-state index contributed by atoms with van der Waals surface area (Å²) in [7, 11) is 0. The van der Waals surface area contributed by atoms with E-state index in [1.54, 1.807) is 0 Å². The van der Waals surface area contributed by atoms with E-state index in [1.165, 1.54) is 19.1 Å². The lowest BCUT2D eigenvalue weighted by molar-refractivity contribution is -0.115. The molecule has 3 rings (SSSR count). The largest absolute Gasteiger partial charge is 0.491 e. The van der Waals surface area contributed by atoms with Gasteiger partial charge in [-0.25, -0.2) is 0 Å². The van der Waals surface area contributed by atoms with Crippen LogP contribution in [0.1, 0.15) is 32.1 Å². The lowest BCUT2D eigenvalue weighted by Gasteiger charge is -2.32. The lowest BCUT2D eigenvalue weighted by Crippen LogP contribution is -2.37. The molecule has 0 spiro atoms. The Morgan fingerprint density at radius 2 is 2.00 bits per heavy atom.